The third kappa shape index (κ3) is 3.10. The van der Waals surface area contributed by atoms with Gasteiger partial charge in [0.05, 0.1) is 17.7 Å². The van der Waals surface area contributed by atoms with Crippen LogP contribution in [0.2, 0.25) is 0 Å². The Morgan fingerprint density at radius 2 is 1.72 bits per heavy atom. The first kappa shape index (κ1) is 16.7. The van der Waals surface area contributed by atoms with Crippen LogP contribution in [0.1, 0.15) is 33.2 Å². The smallest absolute Gasteiger partial charge is 0.350 e. The van der Waals surface area contributed by atoms with Gasteiger partial charge in [-0.1, -0.05) is 24.3 Å². The number of amides is 2. The number of fused-ring (bicyclic) bond motifs is 1. The van der Waals surface area contributed by atoms with Gasteiger partial charge in [-0.15, -0.1) is 0 Å². The zero-order valence-corrected chi connectivity index (χ0v) is 14.0. The topological polar surface area (TPSA) is 75.7 Å². The maximum Gasteiger partial charge on any atom is 0.350 e. The number of carbonyl (C=O) groups excluding carboxylic acids is 3. The second kappa shape index (κ2) is 6.76. The first-order chi connectivity index (χ1) is 12.0. The van der Waals surface area contributed by atoms with Gasteiger partial charge in [0.15, 0.2) is 0 Å². The monoisotopic (exact) mass is 338 g/mol. The van der Waals surface area contributed by atoms with E-state index in [-0.39, 0.29) is 17.7 Å². The summed E-state index contributed by atoms with van der Waals surface area (Å²) in [4.78, 5) is 38.7. The molecule has 128 valence electrons. The summed E-state index contributed by atoms with van der Waals surface area (Å²) in [6.07, 6.45) is -1.23. The van der Waals surface area contributed by atoms with Crippen molar-refractivity contribution in [3.8, 4) is 0 Å². The molecule has 25 heavy (non-hydrogen) atoms. The molecular weight excluding hydrogens is 320 g/mol. The number of nitrogens with zero attached hydrogens (tertiary/aromatic N) is 1. The predicted molar refractivity (Wildman–Crippen MR) is 92.2 cm³/mol. The highest BCUT2D eigenvalue weighted by Gasteiger charge is 2.43. The molecule has 0 aliphatic carbocycles. The Labute approximate surface area is 145 Å². The van der Waals surface area contributed by atoms with Gasteiger partial charge >= 0.3 is 5.97 Å². The van der Waals surface area contributed by atoms with Gasteiger partial charge in [0.2, 0.25) is 6.17 Å². The molecule has 1 aliphatic heterocycles. The van der Waals surface area contributed by atoms with Crippen LogP contribution in [0, 0.1) is 6.92 Å². The average Bonchev–Trinajstić information content (AvgIpc) is 2.85. The zero-order chi connectivity index (χ0) is 18.0. The van der Waals surface area contributed by atoms with Crippen LogP contribution in [-0.2, 0) is 9.53 Å². The summed E-state index contributed by atoms with van der Waals surface area (Å²) in [5.41, 5.74) is 2.17. The molecule has 2 aromatic rings. The van der Waals surface area contributed by atoms with Crippen molar-refractivity contribution in [2.45, 2.75) is 20.0 Å². The van der Waals surface area contributed by atoms with Crippen LogP contribution in [0.15, 0.2) is 48.5 Å². The first-order valence-electron chi connectivity index (χ1n) is 7.99. The fourth-order valence-electron chi connectivity index (χ4n) is 2.79. The molecular formula is C19H18N2O4. The number of imide groups is 1. The van der Waals surface area contributed by atoms with Crippen LogP contribution < -0.4 is 5.32 Å². The Hall–Kier alpha value is -3.15. The summed E-state index contributed by atoms with van der Waals surface area (Å²) in [5.74, 6) is -1.71. The Morgan fingerprint density at radius 3 is 2.28 bits per heavy atom. The van der Waals surface area contributed by atoms with Gasteiger partial charge in [-0.25, -0.2) is 9.69 Å². The number of ether oxygens (including phenoxy) is 1. The molecule has 0 radical (unpaired) electrons. The Bertz CT molecular complexity index is 812. The molecule has 0 fully saturated rings. The molecule has 0 saturated carbocycles. The molecule has 2 aromatic carbocycles. The molecule has 1 heterocycles. The van der Waals surface area contributed by atoms with E-state index in [1.165, 1.54) is 0 Å². The number of aryl methyl sites for hydroxylation is 1. The Balaban J connectivity index is 1.97. The van der Waals surface area contributed by atoms with Gasteiger partial charge in [0, 0.05) is 5.69 Å². The number of rotatable bonds is 5. The van der Waals surface area contributed by atoms with Gasteiger partial charge < -0.3 is 10.1 Å². The third-order valence-corrected chi connectivity index (χ3v) is 3.91. The van der Waals surface area contributed by atoms with Crippen molar-refractivity contribution in [1.29, 1.82) is 0 Å². The highest BCUT2D eigenvalue weighted by atomic mass is 16.5. The lowest BCUT2D eigenvalue weighted by molar-refractivity contribution is -0.146. The minimum Gasteiger partial charge on any atom is -0.463 e. The largest absolute Gasteiger partial charge is 0.463 e. The van der Waals surface area contributed by atoms with Gasteiger partial charge in [0.25, 0.3) is 11.8 Å². The van der Waals surface area contributed by atoms with Crippen LogP contribution >= 0.6 is 0 Å². The molecule has 1 unspecified atom stereocenters. The lowest BCUT2D eigenvalue weighted by Gasteiger charge is -2.26. The van der Waals surface area contributed by atoms with E-state index in [9.17, 15) is 14.4 Å². The Morgan fingerprint density at radius 1 is 1.08 bits per heavy atom. The number of nitrogens with one attached hydrogen (secondary N) is 1. The van der Waals surface area contributed by atoms with E-state index in [0.29, 0.717) is 5.69 Å². The van der Waals surface area contributed by atoms with Crippen molar-refractivity contribution in [2.75, 3.05) is 11.9 Å². The molecule has 0 aromatic heterocycles. The molecule has 1 N–H and O–H groups in total. The maximum absolute atomic E-state index is 12.7. The number of carbonyl (C=O) groups is 3. The summed E-state index contributed by atoms with van der Waals surface area (Å²) in [5, 5.41) is 2.95. The van der Waals surface area contributed by atoms with Crippen molar-refractivity contribution in [3.05, 3.63) is 65.2 Å². The minimum absolute atomic E-state index is 0.147. The molecule has 1 atom stereocenters. The summed E-state index contributed by atoms with van der Waals surface area (Å²) >= 11 is 0. The molecule has 3 rings (SSSR count). The van der Waals surface area contributed by atoms with Crippen molar-refractivity contribution < 1.29 is 19.1 Å². The zero-order valence-electron chi connectivity index (χ0n) is 14.0. The first-order valence-corrected chi connectivity index (χ1v) is 7.99. The normalized spacial score (nSPS) is 14.2. The number of anilines is 1. The highest BCUT2D eigenvalue weighted by Crippen LogP contribution is 2.26. The third-order valence-electron chi connectivity index (χ3n) is 3.91. The van der Waals surface area contributed by atoms with Crippen LogP contribution in [0.25, 0.3) is 0 Å². The fraction of sp³-hybridized carbons (Fsp3) is 0.211. The fourth-order valence-corrected chi connectivity index (χ4v) is 2.79. The molecule has 0 bridgehead atoms. The molecule has 1 aliphatic rings. The summed E-state index contributed by atoms with van der Waals surface area (Å²) < 4.78 is 5.07. The standard InChI is InChI=1S/C19H18N2O4/c1-3-25-19(24)16(20-13-8-6-7-12(2)11-13)21-17(22)14-9-4-5-10-15(14)18(21)23/h4-11,16,20H,3H2,1-2H3. The van der Waals surface area contributed by atoms with E-state index < -0.39 is 23.9 Å². The SMILES string of the molecule is CCOC(=O)C(Nc1cccc(C)c1)N1C(=O)c2ccccc2C1=O. The summed E-state index contributed by atoms with van der Waals surface area (Å²) in [6, 6.07) is 13.8. The van der Waals surface area contributed by atoms with Crippen LogP contribution in [-0.4, -0.2) is 35.5 Å². The van der Waals surface area contributed by atoms with Crippen molar-refractivity contribution >= 4 is 23.5 Å². The molecule has 6 nitrogen and oxygen atoms in total. The van der Waals surface area contributed by atoms with E-state index in [0.717, 1.165) is 10.5 Å². The molecule has 2 amide bonds. The number of esters is 1. The lowest BCUT2D eigenvalue weighted by atomic mass is 10.1. The summed E-state index contributed by atoms with van der Waals surface area (Å²) in [7, 11) is 0. The minimum atomic E-state index is -1.23. The highest BCUT2D eigenvalue weighted by molar-refractivity contribution is 6.22. The van der Waals surface area contributed by atoms with Gasteiger partial charge in [0.1, 0.15) is 0 Å². The predicted octanol–water partition coefficient (Wildman–Crippen LogP) is 2.59. The van der Waals surface area contributed by atoms with Gasteiger partial charge in [-0.2, -0.15) is 0 Å². The van der Waals surface area contributed by atoms with Crippen molar-refractivity contribution in [1.82, 2.24) is 4.90 Å². The maximum atomic E-state index is 12.7. The number of hydrogen-bond donors (Lipinski definition) is 1. The van der Waals surface area contributed by atoms with E-state index in [1.54, 1.807) is 37.3 Å². The van der Waals surface area contributed by atoms with Crippen LogP contribution in [0.5, 0.6) is 0 Å². The summed E-state index contributed by atoms with van der Waals surface area (Å²) in [6.45, 7) is 3.73. The average molecular weight is 338 g/mol. The van der Waals surface area contributed by atoms with E-state index in [4.69, 9.17) is 4.74 Å². The Kier molecular flexibility index (Phi) is 4.52. The van der Waals surface area contributed by atoms with Crippen LogP contribution in [0.4, 0.5) is 5.69 Å². The second-order valence-corrected chi connectivity index (χ2v) is 5.69. The number of hydrogen-bond acceptors (Lipinski definition) is 5. The lowest BCUT2D eigenvalue weighted by Crippen LogP contribution is -2.50. The van der Waals surface area contributed by atoms with Gasteiger partial charge in [-0.3, -0.25) is 9.59 Å². The van der Waals surface area contributed by atoms with Gasteiger partial charge in [-0.05, 0) is 43.7 Å². The van der Waals surface area contributed by atoms with E-state index >= 15 is 0 Å². The number of benzene rings is 2. The molecule has 0 saturated heterocycles. The molecule has 6 heteroatoms. The quantitative estimate of drug-likeness (QED) is 0.670. The second-order valence-electron chi connectivity index (χ2n) is 5.69. The van der Waals surface area contributed by atoms with Crippen molar-refractivity contribution in [3.63, 3.8) is 0 Å². The molecule has 0 spiro atoms. The van der Waals surface area contributed by atoms with E-state index in [2.05, 4.69) is 5.32 Å². The van der Waals surface area contributed by atoms with Crippen LogP contribution in [0.3, 0.4) is 0 Å². The van der Waals surface area contributed by atoms with Crippen molar-refractivity contribution in [2.24, 2.45) is 0 Å². The van der Waals surface area contributed by atoms with E-state index in [1.807, 2.05) is 25.1 Å².